The number of pyridine rings is 1. The number of rotatable bonds is 8. The predicted molar refractivity (Wildman–Crippen MR) is 66.2 cm³/mol. The summed E-state index contributed by atoms with van der Waals surface area (Å²) in [6, 6.07) is 3.27. The first-order chi connectivity index (χ1) is 8.75. The maximum atomic E-state index is 11.6. The summed E-state index contributed by atoms with van der Waals surface area (Å²) >= 11 is 0. The zero-order valence-electron chi connectivity index (χ0n) is 10.4. The van der Waals surface area contributed by atoms with Crippen molar-refractivity contribution >= 4 is 11.7 Å². The molecule has 0 aromatic carbocycles. The lowest BCUT2D eigenvalue weighted by molar-refractivity contribution is 0.0381. The topological polar surface area (TPSA) is 83.7 Å². The van der Waals surface area contributed by atoms with Crippen LogP contribution >= 0.6 is 0 Å². The number of ether oxygens (including phenoxy) is 3. The van der Waals surface area contributed by atoms with Gasteiger partial charge in [-0.15, -0.1) is 0 Å². The molecule has 0 atom stereocenters. The SMILES string of the molecule is COCCOCCCOC(=O)c1ncccc1N. The molecule has 6 nitrogen and oxygen atoms in total. The minimum Gasteiger partial charge on any atom is -0.461 e. The summed E-state index contributed by atoms with van der Waals surface area (Å²) in [6.07, 6.45) is 2.13. The van der Waals surface area contributed by atoms with Crippen LogP contribution in [0.3, 0.4) is 0 Å². The second-order valence-corrected chi connectivity index (χ2v) is 3.54. The van der Waals surface area contributed by atoms with Gasteiger partial charge < -0.3 is 19.9 Å². The van der Waals surface area contributed by atoms with Crippen LogP contribution in [-0.2, 0) is 14.2 Å². The molecule has 100 valence electrons. The summed E-state index contributed by atoms with van der Waals surface area (Å²) in [6.45, 7) is 1.90. The van der Waals surface area contributed by atoms with Gasteiger partial charge in [0, 0.05) is 26.3 Å². The Morgan fingerprint density at radius 2 is 2.17 bits per heavy atom. The Labute approximate surface area is 106 Å². The van der Waals surface area contributed by atoms with Gasteiger partial charge in [-0.05, 0) is 12.1 Å². The van der Waals surface area contributed by atoms with Crippen molar-refractivity contribution in [2.24, 2.45) is 0 Å². The number of carbonyl (C=O) groups excluding carboxylic acids is 1. The van der Waals surface area contributed by atoms with Crippen molar-refractivity contribution < 1.29 is 19.0 Å². The van der Waals surface area contributed by atoms with Gasteiger partial charge in [-0.1, -0.05) is 0 Å². The predicted octanol–water partition coefficient (Wildman–Crippen LogP) is 0.874. The zero-order valence-corrected chi connectivity index (χ0v) is 10.4. The van der Waals surface area contributed by atoms with E-state index in [4.69, 9.17) is 19.9 Å². The molecule has 18 heavy (non-hydrogen) atoms. The lowest BCUT2D eigenvalue weighted by Crippen LogP contribution is -2.12. The van der Waals surface area contributed by atoms with Gasteiger partial charge in [-0.2, -0.15) is 0 Å². The van der Waals surface area contributed by atoms with Crippen LogP contribution in [0.5, 0.6) is 0 Å². The minimum atomic E-state index is -0.509. The molecule has 6 heteroatoms. The van der Waals surface area contributed by atoms with Crippen LogP contribution in [-0.4, -0.2) is 44.5 Å². The molecule has 1 aromatic heterocycles. The van der Waals surface area contributed by atoms with Crippen LogP contribution in [0.25, 0.3) is 0 Å². The highest BCUT2D eigenvalue weighted by molar-refractivity contribution is 5.92. The maximum absolute atomic E-state index is 11.6. The Morgan fingerprint density at radius 3 is 2.89 bits per heavy atom. The van der Waals surface area contributed by atoms with E-state index in [0.717, 1.165) is 0 Å². The molecule has 2 N–H and O–H groups in total. The van der Waals surface area contributed by atoms with E-state index in [2.05, 4.69) is 4.98 Å². The molecular weight excluding hydrogens is 236 g/mol. The van der Waals surface area contributed by atoms with Gasteiger partial charge in [0.2, 0.25) is 0 Å². The Bertz CT molecular complexity index is 371. The highest BCUT2D eigenvalue weighted by Crippen LogP contribution is 2.08. The molecule has 0 saturated carbocycles. The van der Waals surface area contributed by atoms with E-state index in [1.807, 2.05) is 0 Å². The number of aromatic nitrogens is 1. The van der Waals surface area contributed by atoms with Gasteiger partial charge >= 0.3 is 5.97 Å². The van der Waals surface area contributed by atoms with Gasteiger partial charge in [-0.3, -0.25) is 0 Å². The van der Waals surface area contributed by atoms with Crippen molar-refractivity contribution in [3.8, 4) is 0 Å². The molecule has 0 spiro atoms. The molecule has 0 bridgehead atoms. The fourth-order valence-corrected chi connectivity index (χ4v) is 1.23. The second-order valence-electron chi connectivity index (χ2n) is 3.54. The molecule has 0 aliphatic carbocycles. The normalized spacial score (nSPS) is 10.3. The van der Waals surface area contributed by atoms with Crippen LogP contribution in [0.2, 0.25) is 0 Å². The van der Waals surface area contributed by atoms with Gasteiger partial charge in [0.1, 0.15) is 0 Å². The number of nitrogen functional groups attached to an aromatic ring is 1. The van der Waals surface area contributed by atoms with E-state index in [9.17, 15) is 4.79 Å². The summed E-state index contributed by atoms with van der Waals surface area (Å²) < 4.78 is 15.1. The molecular formula is C12H18N2O4. The molecule has 0 fully saturated rings. The standard InChI is InChI=1S/C12H18N2O4/c1-16-8-9-17-6-3-7-18-12(15)11-10(13)4-2-5-14-11/h2,4-5H,3,6-9,13H2,1H3. The Morgan fingerprint density at radius 1 is 1.33 bits per heavy atom. The number of esters is 1. The van der Waals surface area contributed by atoms with Crippen molar-refractivity contribution in [1.82, 2.24) is 4.98 Å². The van der Waals surface area contributed by atoms with Crippen LogP contribution in [0.1, 0.15) is 16.9 Å². The van der Waals surface area contributed by atoms with Crippen molar-refractivity contribution in [3.05, 3.63) is 24.0 Å². The van der Waals surface area contributed by atoms with Gasteiger partial charge in [0.25, 0.3) is 0 Å². The smallest absolute Gasteiger partial charge is 0.359 e. The summed E-state index contributed by atoms with van der Waals surface area (Å²) in [5, 5.41) is 0. The van der Waals surface area contributed by atoms with Gasteiger partial charge in [-0.25, -0.2) is 9.78 Å². The van der Waals surface area contributed by atoms with Crippen molar-refractivity contribution in [2.75, 3.05) is 39.3 Å². The van der Waals surface area contributed by atoms with Crippen molar-refractivity contribution in [3.63, 3.8) is 0 Å². The van der Waals surface area contributed by atoms with E-state index in [-0.39, 0.29) is 12.3 Å². The van der Waals surface area contributed by atoms with E-state index < -0.39 is 5.97 Å². The quantitative estimate of drug-likeness (QED) is 0.547. The Kier molecular flexibility index (Phi) is 6.75. The summed E-state index contributed by atoms with van der Waals surface area (Å²) in [7, 11) is 1.61. The Balaban J connectivity index is 2.16. The van der Waals surface area contributed by atoms with Crippen LogP contribution < -0.4 is 5.73 Å². The second kappa shape index (κ2) is 8.43. The third-order valence-corrected chi connectivity index (χ3v) is 2.13. The van der Waals surface area contributed by atoms with Crippen LogP contribution in [0.4, 0.5) is 5.69 Å². The van der Waals surface area contributed by atoms with E-state index in [1.165, 1.54) is 6.20 Å². The highest BCUT2D eigenvalue weighted by atomic mass is 16.5. The first-order valence-corrected chi connectivity index (χ1v) is 5.70. The van der Waals surface area contributed by atoms with Gasteiger partial charge in [0.15, 0.2) is 5.69 Å². The van der Waals surface area contributed by atoms with Gasteiger partial charge in [0.05, 0.1) is 25.5 Å². The van der Waals surface area contributed by atoms with E-state index in [1.54, 1.807) is 19.2 Å². The number of nitrogens with two attached hydrogens (primary N) is 1. The fourth-order valence-electron chi connectivity index (χ4n) is 1.23. The molecule has 0 unspecified atom stereocenters. The lowest BCUT2D eigenvalue weighted by atomic mass is 10.3. The Hall–Kier alpha value is -1.66. The van der Waals surface area contributed by atoms with Crippen molar-refractivity contribution in [2.45, 2.75) is 6.42 Å². The summed E-state index contributed by atoms with van der Waals surface area (Å²) in [4.78, 5) is 15.4. The highest BCUT2D eigenvalue weighted by Gasteiger charge is 2.11. The van der Waals surface area contributed by atoms with Crippen LogP contribution in [0, 0.1) is 0 Å². The monoisotopic (exact) mass is 254 g/mol. The largest absolute Gasteiger partial charge is 0.461 e. The molecule has 0 radical (unpaired) electrons. The minimum absolute atomic E-state index is 0.151. The first kappa shape index (κ1) is 14.4. The van der Waals surface area contributed by atoms with Crippen molar-refractivity contribution in [1.29, 1.82) is 0 Å². The number of hydrogen-bond donors (Lipinski definition) is 1. The molecule has 0 saturated heterocycles. The number of nitrogens with zero attached hydrogens (tertiary/aromatic N) is 1. The third kappa shape index (κ3) is 5.11. The molecule has 0 aliphatic heterocycles. The third-order valence-electron chi connectivity index (χ3n) is 2.13. The molecule has 0 aliphatic rings. The zero-order chi connectivity index (χ0) is 13.2. The average molecular weight is 254 g/mol. The number of carbonyl (C=O) groups is 1. The van der Waals surface area contributed by atoms with E-state index >= 15 is 0 Å². The number of anilines is 1. The molecule has 1 heterocycles. The first-order valence-electron chi connectivity index (χ1n) is 5.70. The molecule has 0 amide bonds. The maximum Gasteiger partial charge on any atom is 0.359 e. The summed E-state index contributed by atoms with van der Waals surface area (Å²) in [5.74, 6) is -0.509. The lowest BCUT2D eigenvalue weighted by Gasteiger charge is -2.06. The number of methoxy groups -OCH3 is 1. The number of hydrogen-bond acceptors (Lipinski definition) is 6. The van der Waals surface area contributed by atoms with Crippen LogP contribution in [0.15, 0.2) is 18.3 Å². The summed E-state index contributed by atoms with van der Waals surface area (Å²) in [5.41, 5.74) is 6.07. The average Bonchev–Trinajstić information content (AvgIpc) is 2.38. The van der Waals surface area contributed by atoms with E-state index in [0.29, 0.717) is 31.9 Å². The fraction of sp³-hybridized carbons (Fsp3) is 0.500. The molecule has 1 rings (SSSR count). The molecule has 1 aromatic rings.